The highest BCUT2D eigenvalue weighted by Crippen LogP contribution is 2.41. The maximum Gasteiger partial charge on any atom is 0.232 e. The predicted molar refractivity (Wildman–Crippen MR) is 190 cm³/mol. The molecular formula is C36H70N8. The minimum absolute atomic E-state index is 0.0910. The van der Waals surface area contributed by atoms with Gasteiger partial charge in [-0.2, -0.15) is 15.0 Å². The number of nitrogens with zero attached hydrogens (tertiary/aromatic N) is 6. The maximum absolute atomic E-state index is 5.17. The van der Waals surface area contributed by atoms with E-state index in [0.717, 1.165) is 38.2 Å². The van der Waals surface area contributed by atoms with Gasteiger partial charge in [0.25, 0.3) is 0 Å². The number of hydrogen-bond acceptors (Lipinski definition) is 8. The monoisotopic (exact) mass is 615 g/mol. The molecule has 44 heavy (non-hydrogen) atoms. The Labute approximate surface area is 272 Å². The molecule has 0 spiro atoms. The third kappa shape index (κ3) is 9.67. The molecule has 1 aromatic heterocycles. The molecule has 2 aliphatic heterocycles. The van der Waals surface area contributed by atoms with Gasteiger partial charge >= 0.3 is 0 Å². The summed E-state index contributed by atoms with van der Waals surface area (Å²) in [4.78, 5) is 22.6. The molecule has 2 fully saturated rings. The second-order valence-electron chi connectivity index (χ2n) is 16.6. The van der Waals surface area contributed by atoms with Crippen LogP contribution in [0.5, 0.6) is 0 Å². The van der Waals surface area contributed by atoms with Gasteiger partial charge in [-0.15, -0.1) is 0 Å². The summed E-state index contributed by atoms with van der Waals surface area (Å²) in [6, 6.07) is 0.670. The molecule has 2 N–H and O–H groups in total. The van der Waals surface area contributed by atoms with Crippen molar-refractivity contribution in [2.45, 2.75) is 186 Å². The second kappa shape index (κ2) is 15.3. The molecule has 3 heterocycles. The van der Waals surface area contributed by atoms with Crippen LogP contribution in [0.1, 0.15) is 152 Å². The highest BCUT2D eigenvalue weighted by molar-refractivity contribution is 5.45. The standard InChI is InChI=1S/C36H70N8/c1-13-14-15-16-17-18-19-20-21-22-23-44(29-26-35(6,7)43(12)36(8,9)27-29)32-40-30(37-10)39-31(41-32)38-28-24-33(2,3)42(11)34(4,5)25-28/h28-29H,13-27H2,1-12H3,(H2,37,38,39,40,41). The van der Waals surface area contributed by atoms with Crippen molar-refractivity contribution < 1.29 is 0 Å². The summed E-state index contributed by atoms with van der Waals surface area (Å²) in [6.07, 6.45) is 17.7. The van der Waals surface area contributed by atoms with Gasteiger partial charge in [0.15, 0.2) is 0 Å². The lowest BCUT2D eigenvalue weighted by atomic mass is 9.77. The number of nitrogens with one attached hydrogen (secondary N) is 2. The van der Waals surface area contributed by atoms with Gasteiger partial charge in [0, 0.05) is 47.8 Å². The first-order valence-corrected chi connectivity index (χ1v) is 18.0. The van der Waals surface area contributed by atoms with Crippen LogP contribution in [0.25, 0.3) is 0 Å². The summed E-state index contributed by atoms with van der Waals surface area (Å²) in [7, 11) is 6.46. The zero-order chi connectivity index (χ0) is 32.8. The smallest absolute Gasteiger partial charge is 0.232 e. The van der Waals surface area contributed by atoms with Gasteiger partial charge in [-0.25, -0.2) is 0 Å². The number of aromatic nitrogens is 3. The SMILES string of the molecule is CCCCCCCCCCCCN(c1nc(NC)nc(NC2CC(C)(C)N(C)C(C)(C)C2)n1)C1CC(C)(C)N(C)C(C)(C)C1. The van der Waals surface area contributed by atoms with Crippen LogP contribution in [0.15, 0.2) is 0 Å². The normalized spacial score (nSPS) is 22.2. The molecular weight excluding hydrogens is 544 g/mol. The summed E-state index contributed by atoms with van der Waals surface area (Å²) < 4.78 is 0. The van der Waals surface area contributed by atoms with Gasteiger partial charge in [-0.3, -0.25) is 9.80 Å². The largest absolute Gasteiger partial charge is 0.357 e. The molecule has 254 valence electrons. The summed E-state index contributed by atoms with van der Waals surface area (Å²) in [5.41, 5.74) is 0.364. The quantitative estimate of drug-likeness (QED) is 0.180. The van der Waals surface area contributed by atoms with E-state index in [1.165, 1.54) is 64.2 Å². The summed E-state index contributed by atoms with van der Waals surface area (Å²) in [6.45, 7) is 22.2. The molecule has 8 heteroatoms. The Morgan fingerprint density at radius 1 is 0.636 bits per heavy atom. The number of anilines is 3. The highest BCUT2D eigenvalue weighted by atomic mass is 15.4. The molecule has 0 unspecified atom stereocenters. The Hall–Kier alpha value is -1.67. The number of hydrogen-bond donors (Lipinski definition) is 2. The zero-order valence-electron chi connectivity index (χ0n) is 30.9. The molecule has 2 aliphatic rings. The summed E-state index contributed by atoms with van der Waals surface area (Å²) in [5, 5.41) is 7.02. The Morgan fingerprint density at radius 2 is 1.07 bits per heavy atom. The van der Waals surface area contributed by atoms with Crippen LogP contribution in [-0.4, -0.2) is 86.7 Å². The molecule has 0 aliphatic carbocycles. The van der Waals surface area contributed by atoms with E-state index in [1.54, 1.807) is 0 Å². The molecule has 0 radical (unpaired) electrons. The van der Waals surface area contributed by atoms with E-state index in [1.807, 2.05) is 7.05 Å². The van der Waals surface area contributed by atoms with Crippen LogP contribution < -0.4 is 15.5 Å². The number of piperidine rings is 2. The summed E-state index contributed by atoms with van der Waals surface area (Å²) >= 11 is 0. The molecule has 0 bridgehead atoms. The first-order valence-electron chi connectivity index (χ1n) is 18.0. The lowest BCUT2D eigenvalue weighted by Gasteiger charge is -2.55. The van der Waals surface area contributed by atoms with E-state index in [2.05, 4.69) is 102 Å². The molecule has 0 atom stereocenters. The van der Waals surface area contributed by atoms with Crippen molar-refractivity contribution in [2.24, 2.45) is 0 Å². The first-order chi connectivity index (χ1) is 20.5. The number of rotatable bonds is 16. The van der Waals surface area contributed by atoms with E-state index >= 15 is 0 Å². The molecule has 2 saturated heterocycles. The third-order valence-electron chi connectivity index (χ3n) is 11.2. The van der Waals surface area contributed by atoms with E-state index in [-0.39, 0.29) is 22.2 Å². The van der Waals surface area contributed by atoms with Crippen molar-refractivity contribution in [1.82, 2.24) is 24.8 Å². The van der Waals surface area contributed by atoms with Gasteiger partial charge in [-0.05, 0) is 102 Å². The number of unbranched alkanes of at least 4 members (excludes halogenated alkanes) is 9. The van der Waals surface area contributed by atoms with Gasteiger partial charge in [-0.1, -0.05) is 64.7 Å². The fourth-order valence-electron chi connectivity index (χ4n) is 8.08. The molecule has 8 nitrogen and oxygen atoms in total. The minimum Gasteiger partial charge on any atom is -0.357 e. The molecule has 3 rings (SSSR count). The molecule has 0 aromatic carbocycles. The van der Waals surface area contributed by atoms with Crippen LogP contribution >= 0.6 is 0 Å². The second-order valence-corrected chi connectivity index (χ2v) is 16.6. The van der Waals surface area contributed by atoms with Crippen LogP contribution in [0.3, 0.4) is 0 Å². The van der Waals surface area contributed by atoms with Crippen molar-refractivity contribution >= 4 is 17.8 Å². The third-order valence-corrected chi connectivity index (χ3v) is 11.2. The van der Waals surface area contributed by atoms with Gasteiger partial charge in [0.2, 0.25) is 17.8 Å². The number of likely N-dealkylation sites (tertiary alicyclic amines) is 2. The minimum atomic E-state index is 0.0910. The average Bonchev–Trinajstić information content (AvgIpc) is 2.92. The summed E-state index contributed by atoms with van der Waals surface area (Å²) in [5.74, 6) is 2.15. The molecule has 0 amide bonds. The molecule has 1 aromatic rings. The average molecular weight is 615 g/mol. The van der Waals surface area contributed by atoms with Crippen molar-refractivity contribution in [1.29, 1.82) is 0 Å². The lowest BCUT2D eigenvalue weighted by molar-refractivity contribution is -0.0129. The van der Waals surface area contributed by atoms with E-state index in [4.69, 9.17) is 15.0 Å². The van der Waals surface area contributed by atoms with E-state index in [9.17, 15) is 0 Å². The van der Waals surface area contributed by atoms with Gasteiger partial charge < -0.3 is 15.5 Å². The predicted octanol–water partition coefficient (Wildman–Crippen LogP) is 8.36. The van der Waals surface area contributed by atoms with Gasteiger partial charge in [0.1, 0.15) is 0 Å². The maximum atomic E-state index is 5.17. The first kappa shape index (κ1) is 36.8. The Balaban J connectivity index is 1.79. The van der Waals surface area contributed by atoms with Gasteiger partial charge in [0.05, 0.1) is 0 Å². The van der Waals surface area contributed by atoms with Crippen LogP contribution in [0, 0.1) is 0 Å². The zero-order valence-corrected chi connectivity index (χ0v) is 30.9. The fraction of sp³-hybridized carbons (Fsp3) is 0.917. The topological polar surface area (TPSA) is 72.5 Å². The van der Waals surface area contributed by atoms with Crippen molar-refractivity contribution in [3.05, 3.63) is 0 Å². The fourth-order valence-corrected chi connectivity index (χ4v) is 8.08. The van der Waals surface area contributed by atoms with E-state index in [0.29, 0.717) is 24.0 Å². The van der Waals surface area contributed by atoms with Crippen molar-refractivity contribution in [3.63, 3.8) is 0 Å². The Morgan fingerprint density at radius 3 is 1.55 bits per heavy atom. The molecule has 0 saturated carbocycles. The highest BCUT2D eigenvalue weighted by Gasteiger charge is 2.46. The van der Waals surface area contributed by atoms with Crippen LogP contribution in [-0.2, 0) is 0 Å². The van der Waals surface area contributed by atoms with E-state index < -0.39 is 0 Å². The van der Waals surface area contributed by atoms with Crippen LogP contribution in [0.2, 0.25) is 0 Å². The Bertz CT molecular complexity index is 983. The Kier molecular flexibility index (Phi) is 12.8. The van der Waals surface area contributed by atoms with Crippen LogP contribution in [0.4, 0.5) is 17.8 Å². The lowest BCUT2D eigenvalue weighted by Crippen LogP contribution is -2.63. The van der Waals surface area contributed by atoms with Crippen molar-refractivity contribution in [3.8, 4) is 0 Å². The van der Waals surface area contributed by atoms with Crippen molar-refractivity contribution in [2.75, 3.05) is 43.2 Å².